The van der Waals surface area contributed by atoms with Gasteiger partial charge in [-0.3, -0.25) is 9.59 Å². The molecule has 88 heavy (non-hydrogen) atoms. The molecule has 0 spiro atoms. The Labute approximate surface area is 525 Å². The molecule has 18 unspecified atom stereocenters. The lowest BCUT2D eigenvalue weighted by molar-refractivity contribution is -0.386. The molecule has 0 aliphatic carbocycles. The fourth-order valence-electron chi connectivity index (χ4n) is 12.3. The van der Waals surface area contributed by atoms with Crippen LogP contribution in [0.2, 0.25) is 0 Å². The summed E-state index contributed by atoms with van der Waals surface area (Å²) in [6.45, 7) is 2.21. The number of amides is 2. The summed E-state index contributed by atoms with van der Waals surface area (Å²) in [4.78, 5) is 38.5. The van der Waals surface area contributed by atoms with Crippen LogP contribution in [0.1, 0.15) is 258 Å². The standard InChI is InChI=1S/C65H122N2O21/c1-4-6-8-10-12-14-16-18-19-20-21-22-23-24-25-27-28-30-32-34-36-38-47(72)46(67-52(75)39-37-35-33-31-29-26-17-15-13-11-9-7-5-2)44-83-62-57(79)56(78)59(51(43-70)85-62)86-63-58(80)61(55(77)50(42-69)84-63)88-65(64(81)82)40-48(73)53(66-45(3)71)60(87-65)54(76)49(74)41-68/h46-51,53-63,68-70,72-74,76-80H,4-44H2,1-3H3,(H,66,71)(H,67,75)(H,81,82). The number of ether oxygens (including phenoxy) is 6. The van der Waals surface area contributed by atoms with Crippen LogP contribution in [-0.2, 0) is 42.8 Å². The Kier molecular flexibility index (Phi) is 42.5. The van der Waals surface area contributed by atoms with Crippen molar-refractivity contribution in [1.82, 2.24) is 10.6 Å². The smallest absolute Gasteiger partial charge is 0.364 e. The maximum Gasteiger partial charge on any atom is 0.364 e. The van der Waals surface area contributed by atoms with Gasteiger partial charge in [0.25, 0.3) is 5.79 Å². The van der Waals surface area contributed by atoms with E-state index < -0.39 is 148 Å². The number of carboxylic acids is 1. The number of carbonyl (C=O) groups excluding carboxylic acids is 2. The van der Waals surface area contributed by atoms with Crippen molar-refractivity contribution >= 4 is 17.8 Å². The Morgan fingerprint density at radius 1 is 0.545 bits per heavy atom. The molecule has 0 aromatic carbocycles. The molecular formula is C65H122N2O21. The monoisotopic (exact) mass is 1270 g/mol. The summed E-state index contributed by atoms with van der Waals surface area (Å²) in [7, 11) is 0. The average Bonchev–Trinajstić information content (AvgIpc) is 0.828. The van der Waals surface area contributed by atoms with E-state index in [0.717, 1.165) is 58.3 Å². The van der Waals surface area contributed by atoms with Crippen LogP contribution in [0.15, 0.2) is 0 Å². The second kappa shape index (κ2) is 46.7. The number of unbranched alkanes of at least 4 members (excludes halogenated alkanes) is 32. The molecule has 3 rings (SSSR count). The number of rotatable bonds is 52. The molecule has 3 aliphatic heterocycles. The van der Waals surface area contributed by atoms with Gasteiger partial charge in [-0.2, -0.15) is 0 Å². The van der Waals surface area contributed by atoms with Gasteiger partial charge in [0.15, 0.2) is 12.6 Å². The molecule has 23 nitrogen and oxygen atoms in total. The first-order chi connectivity index (χ1) is 42.4. The second-order valence-electron chi connectivity index (χ2n) is 25.4. The van der Waals surface area contributed by atoms with Gasteiger partial charge < -0.3 is 100 Å². The van der Waals surface area contributed by atoms with Gasteiger partial charge in [0.1, 0.15) is 67.1 Å². The maximum atomic E-state index is 13.4. The number of hydrogen-bond donors (Lipinski definition) is 14. The minimum atomic E-state index is -3.08. The predicted molar refractivity (Wildman–Crippen MR) is 329 cm³/mol. The summed E-state index contributed by atoms with van der Waals surface area (Å²) in [5.41, 5.74) is 0. The average molecular weight is 1270 g/mol. The zero-order chi connectivity index (χ0) is 64.7. The molecule has 23 heteroatoms. The van der Waals surface area contributed by atoms with Crippen LogP contribution in [0.25, 0.3) is 0 Å². The number of aliphatic hydroxyl groups is 11. The number of carbonyl (C=O) groups is 3. The highest BCUT2D eigenvalue weighted by Crippen LogP contribution is 2.39. The Bertz CT molecular complexity index is 1790. The van der Waals surface area contributed by atoms with E-state index in [4.69, 9.17) is 28.4 Å². The topological polar surface area (TPSA) is 373 Å². The molecule has 0 aromatic rings. The van der Waals surface area contributed by atoms with Crippen LogP contribution in [0.3, 0.4) is 0 Å². The van der Waals surface area contributed by atoms with Crippen molar-refractivity contribution in [3.8, 4) is 0 Å². The van der Waals surface area contributed by atoms with Crippen molar-refractivity contribution in [2.75, 3.05) is 26.4 Å². The molecule has 0 bridgehead atoms. The van der Waals surface area contributed by atoms with Crippen molar-refractivity contribution in [3.63, 3.8) is 0 Å². The fourth-order valence-corrected chi connectivity index (χ4v) is 12.3. The normalized spacial score (nSPS) is 28.9. The molecule has 3 heterocycles. The van der Waals surface area contributed by atoms with E-state index in [1.807, 2.05) is 0 Å². The summed E-state index contributed by atoms with van der Waals surface area (Å²) in [5.74, 6) is -6.09. The molecule has 0 saturated carbocycles. The quantitative estimate of drug-likeness (QED) is 0.0323. The predicted octanol–water partition coefficient (Wildman–Crippen LogP) is 5.73. The Hall–Kier alpha value is -2.27. The first kappa shape index (κ1) is 80.0. The van der Waals surface area contributed by atoms with E-state index in [-0.39, 0.29) is 18.9 Å². The fraction of sp³-hybridized carbons (Fsp3) is 0.954. The Balaban J connectivity index is 1.59. The summed E-state index contributed by atoms with van der Waals surface area (Å²) in [6, 6.07) is -2.52. The van der Waals surface area contributed by atoms with Gasteiger partial charge in [0.2, 0.25) is 11.8 Å². The van der Waals surface area contributed by atoms with Crippen molar-refractivity contribution < 1.29 is 104 Å². The maximum absolute atomic E-state index is 13.4. The molecule has 14 N–H and O–H groups in total. The zero-order valence-electron chi connectivity index (χ0n) is 53.8. The summed E-state index contributed by atoms with van der Waals surface area (Å²) >= 11 is 0. The van der Waals surface area contributed by atoms with Crippen molar-refractivity contribution in [2.45, 2.75) is 368 Å². The molecule has 2 amide bonds. The molecule has 3 saturated heterocycles. The van der Waals surface area contributed by atoms with Crippen LogP contribution in [0.5, 0.6) is 0 Å². The molecule has 18 atom stereocenters. The summed E-state index contributed by atoms with van der Waals surface area (Å²) in [6.07, 6.45) is 12.5. The first-order valence-corrected chi connectivity index (χ1v) is 34.4. The van der Waals surface area contributed by atoms with E-state index in [0.29, 0.717) is 19.3 Å². The van der Waals surface area contributed by atoms with E-state index in [1.165, 1.54) is 154 Å². The van der Waals surface area contributed by atoms with Gasteiger partial charge >= 0.3 is 5.97 Å². The van der Waals surface area contributed by atoms with Gasteiger partial charge in [-0.1, -0.05) is 226 Å². The summed E-state index contributed by atoms with van der Waals surface area (Å²) < 4.78 is 34.8. The largest absolute Gasteiger partial charge is 0.477 e. The minimum absolute atomic E-state index is 0.228. The highest BCUT2D eigenvalue weighted by atomic mass is 16.8. The van der Waals surface area contributed by atoms with Gasteiger partial charge in [-0.05, 0) is 12.8 Å². The van der Waals surface area contributed by atoms with Crippen molar-refractivity contribution in [1.29, 1.82) is 0 Å². The van der Waals surface area contributed by atoms with Crippen LogP contribution < -0.4 is 10.6 Å². The Morgan fingerprint density at radius 3 is 1.42 bits per heavy atom. The summed E-state index contributed by atoms with van der Waals surface area (Å²) in [5, 5.41) is 136. The van der Waals surface area contributed by atoms with E-state index in [2.05, 4.69) is 24.5 Å². The molecule has 3 aliphatic rings. The van der Waals surface area contributed by atoms with Gasteiger partial charge in [-0.25, -0.2) is 4.79 Å². The highest BCUT2D eigenvalue weighted by molar-refractivity contribution is 5.77. The third kappa shape index (κ3) is 29.4. The van der Waals surface area contributed by atoms with E-state index >= 15 is 0 Å². The SMILES string of the molecule is CCCCCCCCCCCCCCCCCCCCCCCC(O)C(COC1OC(CO)C(OC2OC(CO)C(O)C(OC3(C(=O)O)CC(O)C(NC(C)=O)C(C(O)C(O)CO)O3)C2O)C(O)C1O)NC(=O)CCCCCCCCCCCCCCC. The van der Waals surface area contributed by atoms with E-state index in [1.54, 1.807) is 0 Å². The molecular weight excluding hydrogens is 1140 g/mol. The molecule has 3 fully saturated rings. The second-order valence-corrected chi connectivity index (χ2v) is 25.4. The minimum Gasteiger partial charge on any atom is -0.477 e. The number of aliphatic hydroxyl groups excluding tert-OH is 11. The van der Waals surface area contributed by atoms with E-state index in [9.17, 15) is 75.7 Å². The zero-order valence-corrected chi connectivity index (χ0v) is 53.8. The molecule has 0 radical (unpaired) electrons. The number of hydrogen-bond acceptors (Lipinski definition) is 20. The number of carboxylic acid groups (broad SMARTS) is 1. The van der Waals surface area contributed by atoms with Crippen LogP contribution in [-0.4, -0.2) is 215 Å². The van der Waals surface area contributed by atoms with Gasteiger partial charge in [0, 0.05) is 19.8 Å². The lowest BCUT2D eigenvalue weighted by Crippen LogP contribution is -2.70. The van der Waals surface area contributed by atoms with Crippen LogP contribution >= 0.6 is 0 Å². The highest BCUT2D eigenvalue weighted by Gasteiger charge is 2.60. The van der Waals surface area contributed by atoms with Gasteiger partial charge in [0.05, 0.1) is 50.7 Å². The number of nitrogens with one attached hydrogen (secondary N) is 2. The molecule has 518 valence electrons. The Morgan fingerprint density at radius 2 is 0.989 bits per heavy atom. The van der Waals surface area contributed by atoms with Crippen molar-refractivity contribution in [2.24, 2.45) is 0 Å². The van der Waals surface area contributed by atoms with Gasteiger partial charge in [-0.15, -0.1) is 0 Å². The third-order valence-electron chi connectivity index (χ3n) is 17.8. The number of aliphatic carboxylic acids is 1. The van der Waals surface area contributed by atoms with Crippen molar-refractivity contribution in [3.05, 3.63) is 0 Å². The van der Waals surface area contributed by atoms with Crippen LogP contribution in [0, 0.1) is 0 Å². The third-order valence-corrected chi connectivity index (χ3v) is 17.8. The molecule has 0 aromatic heterocycles. The van der Waals surface area contributed by atoms with Crippen LogP contribution in [0.4, 0.5) is 0 Å². The lowest BCUT2D eigenvalue weighted by Gasteiger charge is -2.50. The first-order valence-electron chi connectivity index (χ1n) is 34.4. The lowest BCUT2D eigenvalue weighted by atomic mass is 9.88.